The summed E-state index contributed by atoms with van der Waals surface area (Å²) in [6.45, 7) is 1.88. The maximum atomic E-state index is 12.8. The van der Waals surface area contributed by atoms with Gasteiger partial charge in [-0.05, 0) is 24.1 Å². The van der Waals surface area contributed by atoms with Crippen LogP contribution in [-0.4, -0.2) is 0 Å². The van der Waals surface area contributed by atoms with Crippen LogP contribution in [0, 0.1) is 11.6 Å². The zero-order valence-electron chi connectivity index (χ0n) is 7.35. The summed E-state index contributed by atoms with van der Waals surface area (Å²) in [6, 6.07) is 3.19. The standard InChI is InChI=1S/C9H12F2N2/c1-2-9(13-12)6-3-7(10)5-8(11)4-6/h3-5,9,13H,2,12H2,1H3/t9-/m0/s1. The fraction of sp³-hybridized carbons (Fsp3) is 0.333. The molecule has 2 nitrogen and oxygen atoms in total. The molecule has 0 aliphatic heterocycles. The molecule has 0 saturated carbocycles. The maximum Gasteiger partial charge on any atom is 0.126 e. The molecule has 0 fully saturated rings. The van der Waals surface area contributed by atoms with Gasteiger partial charge in [-0.3, -0.25) is 11.3 Å². The van der Waals surface area contributed by atoms with Gasteiger partial charge >= 0.3 is 0 Å². The Balaban J connectivity index is 2.99. The van der Waals surface area contributed by atoms with Crippen LogP contribution in [0.5, 0.6) is 0 Å². The number of nitrogens with two attached hydrogens (primary N) is 1. The van der Waals surface area contributed by atoms with Crippen molar-refractivity contribution in [2.75, 3.05) is 0 Å². The Morgan fingerprint density at radius 3 is 2.23 bits per heavy atom. The van der Waals surface area contributed by atoms with E-state index in [-0.39, 0.29) is 6.04 Å². The first kappa shape index (κ1) is 10.1. The molecule has 4 heteroatoms. The Kier molecular flexibility index (Phi) is 3.33. The number of hydrogen-bond acceptors (Lipinski definition) is 2. The Labute approximate surface area is 75.7 Å². The van der Waals surface area contributed by atoms with Crippen molar-refractivity contribution >= 4 is 0 Å². The van der Waals surface area contributed by atoms with Crippen molar-refractivity contribution in [3.63, 3.8) is 0 Å². The summed E-state index contributed by atoms with van der Waals surface area (Å²) in [5.41, 5.74) is 3.02. The van der Waals surface area contributed by atoms with Gasteiger partial charge in [0.25, 0.3) is 0 Å². The number of halogens is 2. The highest BCUT2D eigenvalue weighted by molar-refractivity contribution is 5.21. The zero-order valence-corrected chi connectivity index (χ0v) is 7.35. The van der Waals surface area contributed by atoms with E-state index in [1.165, 1.54) is 12.1 Å². The van der Waals surface area contributed by atoms with Crippen LogP contribution in [0.3, 0.4) is 0 Å². The highest BCUT2D eigenvalue weighted by Crippen LogP contribution is 2.17. The molecule has 1 aromatic carbocycles. The van der Waals surface area contributed by atoms with E-state index in [1.807, 2.05) is 6.92 Å². The largest absolute Gasteiger partial charge is 0.271 e. The second-order valence-electron chi connectivity index (χ2n) is 2.83. The van der Waals surface area contributed by atoms with E-state index in [1.54, 1.807) is 0 Å². The number of nitrogens with one attached hydrogen (secondary N) is 1. The number of benzene rings is 1. The van der Waals surface area contributed by atoms with Gasteiger partial charge in [-0.15, -0.1) is 0 Å². The number of hydrogen-bond donors (Lipinski definition) is 2. The summed E-state index contributed by atoms with van der Waals surface area (Å²) in [6.07, 6.45) is 0.680. The predicted octanol–water partition coefficient (Wildman–Crippen LogP) is 1.88. The minimum absolute atomic E-state index is 0.204. The molecule has 0 amide bonds. The summed E-state index contributed by atoms with van der Waals surface area (Å²) in [5.74, 6) is 4.06. The predicted molar refractivity (Wildman–Crippen MR) is 46.7 cm³/mol. The molecule has 3 N–H and O–H groups in total. The van der Waals surface area contributed by atoms with Crippen molar-refractivity contribution in [1.82, 2.24) is 5.43 Å². The van der Waals surface area contributed by atoms with E-state index in [0.717, 1.165) is 6.07 Å². The van der Waals surface area contributed by atoms with Crippen molar-refractivity contribution in [2.24, 2.45) is 5.84 Å². The average Bonchev–Trinajstić information content (AvgIpc) is 2.04. The molecular weight excluding hydrogens is 174 g/mol. The lowest BCUT2D eigenvalue weighted by molar-refractivity contribution is 0.521. The van der Waals surface area contributed by atoms with E-state index >= 15 is 0 Å². The van der Waals surface area contributed by atoms with Crippen LogP contribution >= 0.6 is 0 Å². The van der Waals surface area contributed by atoms with E-state index in [2.05, 4.69) is 5.43 Å². The molecule has 13 heavy (non-hydrogen) atoms. The molecule has 1 atom stereocenters. The van der Waals surface area contributed by atoms with Crippen LogP contribution in [0.4, 0.5) is 8.78 Å². The minimum atomic E-state index is -0.580. The third-order valence-electron chi connectivity index (χ3n) is 1.90. The van der Waals surface area contributed by atoms with Crippen molar-refractivity contribution in [1.29, 1.82) is 0 Å². The molecule has 0 heterocycles. The Morgan fingerprint density at radius 2 is 1.85 bits per heavy atom. The summed E-state index contributed by atoms with van der Waals surface area (Å²) in [4.78, 5) is 0. The SMILES string of the molecule is CC[C@H](NN)c1cc(F)cc(F)c1. The van der Waals surface area contributed by atoms with Gasteiger partial charge in [0.05, 0.1) is 0 Å². The first-order valence-corrected chi connectivity index (χ1v) is 4.09. The fourth-order valence-electron chi connectivity index (χ4n) is 1.23. The molecule has 0 saturated heterocycles. The van der Waals surface area contributed by atoms with E-state index in [4.69, 9.17) is 5.84 Å². The van der Waals surface area contributed by atoms with E-state index in [0.29, 0.717) is 12.0 Å². The molecule has 1 rings (SSSR count). The number of hydrazine groups is 1. The van der Waals surface area contributed by atoms with Crippen molar-refractivity contribution in [2.45, 2.75) is 19.4 Å². The zero-order chi connectivity index (χ0) is 9.84. The quantitative estimate of drug-likeness (QED) is 0.558. The summed E-state index contributed by atoms with van der Waals surface area (Å²) < 4.78 is 25.5. The molecule has 0 aliphatic carbocycles. The second kappa shape index (κ2) is 4.30. The average molecular weight is 186 g/mol. The van der Waals surface area contributed by atoms with Crippen LogP contribution in [0.1, 0.15) is 24.9 Å². The monoisotopic (exact) mass is 186 g/mol. The second-order valence-corrected chi connectivity index (χ2v) is 2.83. The fourth-order valence-corrected chi connectivity index (χ4v) is 1.23. The molecule has 1 aromatic rings. The molecule has 0 spiro atoms. The summed E-state index contributed by atoms with van der Waals surface area (Å²) in [7, 11) is 0. The summed E-state index contributed by atoms with van der Waals surface area (Å²) in [5, 5.41) is 0. The van der Waals surface area contributed by atoms with Crippen LogP contribution in [0.25, 0.3) is 0 Å². The lowest BCUT2D eigenvalue weighted by atomic mass is 10.1. The molecule has 0 unspecified atom stereocenters. The van der Waals surface area contributed by atoms with Gasteiger partial charge in [0, 0.05) is 12.1 Å². The van der Waals surface area contributed by atoms with Crippen LogP contribution in [-0.2, 0) is 0 Å². The number of rotatable bonds is 3. The van der Waals surface area contributed by atoms with Crippen molar-refractivity contribution in [3.8, 4) is 0 Å². The third-order valence-corrected chi connectivity index (χ3v) is 1.90. The van der Waals surface area contributed by atoms with Crippen LogP contribution < -0.4 is 11.3 Å². The van der Waals surface area contributed by atoms with Gasteiger partial charge in [-0.1, -0.05) is 6.92 Å². The molecule has 0 aliphatic rings. The normalized spacial score (nSPS) is 12.9. The lowest BCUT2D eigenvalue weighted by Crippen LogP contribution is -2.27. The van der Waals surface area contributed by atoms with Crippen molar-refractivity contribution < 1.29 is 8.78 Å². The third kappa shape index (κ3) is 2.47. The molecule has 72 valence electrons. The first-order valence-electron chi connectivity index (χ1n) is 4.09. The highest BCUT2D eigenvalue weighted by Gasteiger charge is 2.09. The minimum Gasteiger partial charge on any atom is -0.271 e. The van der Waals surface area contributed by atoms with Gasteiger partial charge in [0.2, 0.25) is 0 Å². The first-order chi connectivity index (χ1) is 6.17. The van der Waals surface area contributed by atoms with E-state index in [9.17, 15) is 8.78 Å². The Bertz CT molecular complexity index is 265. The molecular formula is C9H12F2N2. The smallest absolute Gasteiger partial charge is 0.126 e. The van der Waals surface area contributed by atoms with Gasteiger partial charge in [-0.2, -0.15) is 0 Å². The molecule has 0 bridgehead atoms. The molecule has 0 radical (unpaired) electrons. The van der Waals surface area contributed by atoms with Gasteiger partial charge in [0.1, 0.15) is 11.6 Å². The maximum absolute atomic E-state index is 12.8. The van der Waals surface area contributed by atoms with Crippen LogP contribution in [0.15, 0.2) is 18.2 Å². The van der Waals surface area contributed by atoms with Crippen LogP contribution in [0.2, 0.25) is 0 Å². The van der Waals surface area contributed by atoms with Gasteiger partial charge in [-0.25, -0.2) is 8.78 Å². The molecule has 0 aromatic heterocycles. The summed E-state index contributed by atoms with van der Waals surface area (Å²) >= 11 is 0. The van der Waals surface area contributed by atoms with Gasteiger partial charge in [0.15, 0.2) is 0 Å². The van der Waals surface area contributed by atoms with Gasteiger partial charge < -0.3 is 0 Å². The topological polar surface area (TPSA) is 38.0 Å². The highest BCUT2D eigenvalue weighted by atomic mass is 19.1. The van der Waals surface area contributed by atoms with Crippen molar-refractivity contribution in [3.05, 3.63) is 35.4 Å². The Morgan fingerprint density at radius 1 is 1.31 bits per heavy atom. The lowest BCUT2D eigenvalue weighted by Gasteiger charge is -2.13. The Hall–Kier alpha value is -1.00. The van der Waals surface area contributed by atoms with E-state index < -0.39 is 11.6 Å².